The van der Waals surface area contributed by atoms with Crippen LogP contribution in [0.4, 0.5) is 0 Å². The molecule has 0 saturated heterocycles. The maximum atomic E-state index is 11.8. The van der Waals surface area contributed by atoms with Gasteiger partial charge in [-0.05, 0) is 19.1 Å². The van der Waals surface area contributed by atoms with Crippen LogP contribution in [0.5, 0.6) is 0 Å². The van der Waals surface area contributed by atoms with Gasteiger partial charge in [-0.25, -0.2) is 0 Å². The molecular formula is C12H10NO3-. The summed E-state index contributed by atoms with van der Waals surface area (Å²) in [7, 11) is 1.70. The topological polar surface area (TPSA) is 62.1 Å². The molecule has 0 radical (unpaired) electrons. The first-order chi connectivity index (χ1) is 7.50. The molecule has 0 saturated carbocycles. The lowest BCUT2D eigenvalue weighted by Crippen LogP contribution is -2.29. The van der Waals surface area contributed by atoms with Crippen molar-refractivity contribution in [1.29, 1.82) is 0 Å². The van der Waals surface area contributed by atoms with Gasteiger partial charge in [0.25, 0.3) is 0 Å². The summed E-state index contributed by atoms with van der Waals surface area (Å²) in [5.41, 5.74) is 0.832. The molecule has 0 fully saturated rings. The second-order valence-corrected chi connectivity index (χ2v) is 3.79. The second-order valence-electron chi connectivity index (χ2n) is 3.79. The van der Waals surface area contributed by atoms with E-state index in [1.165, 1.54) is 6.20 Å². The van der Waals surface area contributed by atoms with Crippen LogP contribution in [0.25, 0.3) is 10.9 Å². The largest absolute Gasteiger partial charge is 0.545 e. The van der Waals surface area contributed by atoms with E-state index in [0.29, 0.717) is 10.9 Å². The van der Waals surface area contributed by atoms with Crippen LogP contribution >= 0.6 is 0 Å². The number of carboxylic acids is 1. The molecule has 0 spiro atoms. The molecule has 2 aromatic rings. The predicted molar refractivity (Wildman–Crippen MR) is 58.3 cm³/mol. The van der Waals surface area contributed by atoms with E-state index in [4.69, 9.17) is 0 Å². The minimum atomic E-state index is -1.44. The number of pyridine rings is 1. The van der Waals surface area contributed by atoms with E-state index in [2.05, 4.69) is 0 Å². The Morgan fingerprint density at radius 1 is 1.38 bits per heavy atom. The van der Waals surface area contributed by atoms with E-state index in [1.54, 1.807) is 23.7 Å². The van der Waals surface area contributed by atoms with Gasteiger partial charge in [-0.2, -0.15) is 0 Å². The van der Waals surface area contributed by atoms with Crippen LogP contribution in [0.1, 0.15) is 15.9 Å². The van der Waals surface area contributed by atoms with Crippen LogP contribution in [0.2, 0.25) is 0 Å². The van der Waals surface area contributed by atoms with Crippen molar-refractivity contribution < 1.29 is 9.90 Å². The molecule has 1 heterocycles. The Morgan fingerprint density at radius 2 is 2.06 bits per heavy atom. The molecule has 0 aliphatic carbocycles. The highest BCUT2D eigenvalue weighted by Crippen LogP contribution is 2.12. The number of aromatic carboxylic acids is 1. The number of nitrogens with zero attached hydrogens (tertiary/aromatic N) is 1. The Labute approximate surface area is 91.8 Å². The fraction of sp³-hybridized carbons (Fsp3) is 0.167. The predicted octanol–water partition coefficient (Wildman–Crippen LogP) is 0.210. The van der Waals surface area contributed by atoms with Gasteiger partial charge in [0.15, 0.2) is 5.43 Å². The number of hydrogen-bond donors (Lipinski definition) is 0. The van der Waals surface area contributed by atoms with Gasteiger partial charge < -0.3 is 14.5 Å². The number of carbonyl (C=O) groups excluding carboxylic acids is 1. The van der Waals surface area contributed by atoms with Crippen molar-refractivity contribution in [2.24, 2.45) is 7.05 Å². The summed E-state index contributed by atoms with van der Waals surface area (Å²) in [5.74, 6) is -1.44. The summed E-state index contributed by atoms with van der Waals surface area (Å²) in [6.07, 6.45) is 1.29. The van der Waals surface area contributed by atoms with Crippen molar-refractivity contribution >= 4 is 16.9 Å². The van der Waals surface area contributed by atoms with Crippen molar-refractivity contribution in [3.63, 3.8) is 0 Å². The monoisotopic (exact) mass is 216 g/mol. The summed E-state index contributed by atoms with van der Waals surface area (Å²) in [6, 6.07) is 5.36. The van der Waals surface area contributed by atoms with Gasteiger partial charge in [0.05, 0.1) is 17.0 Å². The number of rotatable bonds is 1. The van der Waals surface area contributed by atoms with Crippen molar-refractivity contribution in [2.45, 2.75) is 6.92 Å². The smallest absolute Gasteiger partial charge is 0.198 e. The molecule has 0 bridgehead atoms. The van der Waals surface area contributed by atoms with Crippen LogP contribution in [-0.4, -0.2) is 10.5 Å². The third-order valence-corrected chi connectivity index (χ3v) is 2.56. The molecule has 82 valence electrons. The minimum absolute atomic E-state index is 0.305. The first-order valence-corrected chi connectivity index (χ1v) is 4.82. The van der Waals surface area contributed by atoms with Gasteiger partial charge in [-0.15, -0.1) is 0 Å². The lowest BCUT2D eigenvalue weighted by Gasteiger charge is -2.09. The molecule has 4 heteroatoms. The van der Waals surface area contributed by atoms with E-state index in [1.807, 2.05) is 13.0 Å². The van der Waals surface area contributed by atoms with Crippen LogP contribution in [0, 0.1) is 6.92 Å². The molecule has 0 aliphatic heterocycles. The van der Waals surface area contributed by atoms with Gasteiger partial charge in [0, 0.05) is 18.6 Å². The highest BCUT2D eigenvalue weighted by atomic mass is 16.4. The molecule has 0 N–H and O–H groups in total. The highest BCUT2D eigenvalue weighted by molar-refractivity contribution is 5.91. The summed E-state index contributed by atoms with van der Waals surface area (Å²) >= 11 is 0. The zero-order valence-electron chi connectivity index (χ0n) is 8.98. The lowest BCUT2D eigenvalue weighted by molar-refractivity contribution is -0.255. The van der Waals surface area contributed by atoms with Gasteiger partial charge in [-0.3, -0.25) is 4.79 Å². The molecule has 2 rings (SSSR count). The Bertz CT molecular complexity index is 640. The molecule has 4 nitrogen and oxygen atoms in total. The lowest BCUT2D eigenvalue weighted by atomic mass is 10.1. The van der Waals surface area contributed by atoms with Crippen LogP contribution in [-0.2, 0) is 7.05 Å². The number of fused-ring (bicyclic) bond motifs is 1. The van der Waals surface area contributed by atoms with Crippen molar-refractivity contribution in [2.75, 3.05) is 0 Å². The molecule has 0 amide bonds. The van der Waals surface area contributed by atoms with E-state index in [0.717, 1.165) is 5.56 Å². The third kappa shape index (κ3) is 1.48. The van der Waals surface area contributed by atoms with E-state index in [9.17, 15) is 14.7 Å². The Morgan fingerprint density at radius 3 is 2.69 bits per heavy atom. The second kappa shape index (κ2) is 3.48. The zero-order valence-corrected chi connectivity index (χ0v) is 8.98. The Balaban J connectivity index is 2.98. The fourth-order valence-corrected chi connectivity index (χ4v) is 1.75. The first-order valence-electron chi connectivity index (χ1n) is 4.82. The normalized spacial score (nSPS) is 10.6. The zero-order chi connectivity index (χ0) is 11.9. The number of carbonyl (C=O) groups is 1. The molecule has 0 aliphatic rings. The number of aromatic nitrogens is 1. The number of carboxylic acid groups (broad SMARTS) is 1. The first kappa shape index (κ1) is 10.4. The van der Waals surface area contributed by atoms with Gasteiger partial charge in [0.1, 0.15) is 0 Å². The van der Waals surface area contributed by atoms with Crippen molar-refractivity contribution in [1.82, 2.24) is 4.57 Å². The summed E-state index contributed by atoms with van der Waals surface area (Å²) in [4.78, 5) is 22.6. The average Bonchev–Trinajstić information content (AvgIpc) is 2.22. The quantitative estimate of drug-likeness (QED) is 0.684. The third-order valence-electron chi connectivity index (χ3n) is 2.56. The Hall–Kier alpha value is -2.10. The maximum Gasteiger partial charge on any atom is 0.198 e. The molecule has 16 heavy (non-hydrogen) atoms. The molecule has 0 unspecified atom stereocenters. The summed E-state index contributed by atoms with van der Waals surface area (Å²) < 4.78 is 1.61. The van der Waals surface area contributed by atoms with E-state index < -0.39 is 11.4 Å². The fourth-order valence-electron chi connectivity index (χ4n) is 1.75. The maximum absolute atomic E-state index is 11.8. The number of benzene rings is 1. The molecule has 1 aromatic carbocycles. The van der Waals surface area contributed by atoms with Crippen LogP contribution in [0.3, 0.4) is 0 Å². The van der Waals surface area contributed by atoms with Crippen LogP contribution < -0.4 is 10.5 Å². The number of aryl methyl sites for hydroxylation is 2. The van der Waals surface area contributed by atoms with Crippen molar-refractivity contribution in [3.05, 3.63) is 45.7 Å². The van der Waals surface area contributed by atoms with Crippen LogP contribution in [0.15, 0.2) is 29.2 Å². The highest BCUT2D eigenvalue weighted by Gasteiger charge is 2.07. The standard InChI is InChI=1S/C12H11NO3/c1-7-3-4-10-8(5-7)11(14)9(12(15)16)6-13(10)2/h3-6H,1-2H3,(H,15,16)/p-1. The van der Waals surface area contributed by atoms with Crippen molar-refractivity contribution in [3.8, 4) is 0 Å². The Kier molecular flexibility index (Phi) is 2.27. The van der Waals surface area contributed by atoms with E-state index in [-0.39, 0.29) is 5.56 Å². The van der Waals surface area contributed by atoms with Gasteiger partial charge in [-0.1, -0.05) is 11.6 Å². The summed E-state index contributed by atoms with van der Waals surface area (Å²) in [6.45, 7) is 1.85. The molecular weight excluding hydrogens is 206 g/mol. The van der Waals surface area contributed by atoms with Gasteiger partial charge >= 0.3 is 0 Å². The SMILES string of the molecule is Cc1ccc2c(c1)c(=O)c(C(=O)[O-])cn2C. The average molecular weight is 216 g/mol. The molecule has 1 aromatic heterocycles. The van der Waals surface area contributed by atoms with E-state index >= 15 is 0 Å². The number of hydrogen-bond acceptors (Lipinski definition) is 3. The minimum Gasteiger partial charge on any atom is -0.545 e. The molecule has 0 atom stereocenters. The van der Waals surface area contributed by atoms with Gasteiger partial charge in [0.2, 0.25) is 0 Å². The summed E-state index contributed by atoms with van der Waals surface area (Å²) in [5, 5.41) is 11.2.